The molecule has 0 radical (unpaired) electrons. The molecule has 1 atom stereocenters. The fourth-order valence-corrected chi connectivity index (χ4v) is 7.45. The Kier molecular flexibility index (Phi) is 8.85. The minimum Gasteiger partial charge on any atom is -0.414 e. The topological polar surface area (TPSA) is 88.1 Å². The first-order valence-electron chi connectivity index (χ1n) is 15.9. The molecule has 0 unspecified atom stereocenters. The van der Waals surface area contributed by atoms with Gasteiger partial charge in [0.1, 0.15) is 0 Å². The maximum Gasteiger partial charge on any atom is 0.192 e. The molecule has 0 amide bonds. The Morgan fingerprint density at radius 1 is 0.886 bits per heavy atom. The average molecular weight is 630 g/mol. The van der Waals surface area contributed by atoms with E-state index in [-0.39, 0.29) is 16.1 Å². The molecule has 2 N–H and O–H groups in total. The molecular formula is C35H51N5O2Si2. The summed E-state index contributed by atoms with van der Waals surface area (Å²) in [4.78, 5) is 9.97. The number of pyridine rings is 2. The molecule has 1 aliphatic carbocycles. The molecule has 0 spiro atoms. The van der Waals surface area contributed by atoms with E-state index in [1.807, 2.05) is 29.1 Å². The predicted octanol–water partition coefficient (Wildman–Crippen LogP) is 8.80. The van der Waals surface area contributed by atoms with Crippen LogP contribution in [0.15, 0.2) is 60.8 Å². The lowest BCUT2D eigenvalue weighted by Crippen LogP contribution is -2.49. The van der Waals surface area contributed by atoms with Crippen LogP contribution in [0.2, 0.25) is 36.3 Å². The number of hydrogen-bond acceptors (Lipinski definition) is 6. The maximum absolute atomic E-state index is 6.79. The van der Waals surface area contributed by atoms with Crippen LogP contribution in [-0.2, 0) is 15.5 Å². The smallest absolute Gasteiger partial charge is 0.192 e. The van der Waals surface area contributed by atoms with Gasteiger partial charge in [0, 0.05) is 17.1 Å². The first-order chi connectivity index (χ1) is 20.4. The number of aromatic nitrogens is 4. The number of rotatable bonds is 9. The zero-order valence-corrected chi connectivity index (χ0v) is 30.3. The van der Waals surface area contributed by atoms with Gasteiger partial charge < -0.3 is 14.6 Å². The Balaban J connectivity index is 1.32. The van der Waals surface area contributed by atoms with Crippen LogP contribution in [0, 0.1) is 5.92 Å². The first-order valence-corrected chi connectivity index (χ1v) is 21.8. The van der Waals surface area contributed by atoms with Crippen LogP contribution in [0.4, 0.5) is 0 Å². The van der Waals surface area contributed by atoms with Gasteiger partial charge >= 0.3 is 0 Å². The lowest BCUT2D eigenvalue weighted by Gasteiger charge is -2.46. The second-order valence-corrected chi connectivity index (χ2v) is 25.1. The van der Waals surface area contributed by atoms with E-state index in [0.717, 1.165) is 52.2 Å². The van der Waals surface area contributed by atoms with E-state index < -0.39 is 16.6 Å². The Morgan fingerprint density at radius 3 is 2.25 bits per heavy atom. The van der Waals surface area contributed by atoms with E-state index >= 15 is 0 Å². The summed E-state index contributed by atoms with van der Waals surface area (Å²) < 4.78 is 15.0. The highest BCUT2D eigenvalue weighted by atomic mass is 28.4. The summed E-state index contributed by atoms with van der Waals surface area (Å²) in [7, 11) is -3.66. The normalized spacial score (nSPS) is 18.8. The minimum atomic E-state index is -1.88. The molecule has 7 nitrogen and oxygen atoms in total. The summed E-state index contributed by atoms with van der Waals surface area (Å²) in [5.41, 5.74) is 11.5. The minimum absolute atomic E-state index is 0.107. The molecule has 236 valence electrons. The van der Waals surface area contributed by atoms with Crippen molar-refractivity contribution in [2.45, 2.75) is 109 Å². The fourth-order valence-electron chi connectivity index (χ4n) is 5.13. The molecule has 0 aliphatic heterocycles. The summed E-state index contributed by atoms with van der Waals surface area (Å²) in [6, 6.07) is 18.5. The lowest BCUT2D eigenvalue weighted by molar-refractivity contribution is 0.0395. The summed E-state index contributed by atoms with van der Waals surface area (Å²) in [6.07, 6.45) is 4.19. The van der Waals surface area contributed by atoms with Gasteiger partial charge in [0.15, 0.2) is 22.5 Å². The van der Waals surface area contributed by atoms with Crippen LogP contribution in [0.25, 0.3) is 28.0 Å². The Labute approximate surface area is 265 Å². The third kappa shape index (κ3) is 6.77. The zero-order valence-electron chi connectivity index (χ0n) is 28.3. The largest absolute Gasteiger partial charge is 0.414 e. The summed E-state index contributed by atoms with van der Waals surface area (Å²) in [5.74, 6) is 1.16. The van der Waals surface area contributed by atoms with Crippen LogP contribution in [-0.4, -0.2) is 42.5 Å². The van der Waals surface area contributed by atoms with E-state index in [2.05, 4.69) is 104 Å². The predicted molar refractivity (Wildman–Crippen MR) is 186 cm³/mol. The van der Waals surface area contributed by atoms with E-state index in [4.69, 9.17) is 29.7 Å². The molecule has 9 heteroatoms. The number of nitrogens with two attached hydrogens (primary N) is 1. The van der Waals surface area contributed by atoms with Gasteiger partial charge in [-0.1, -0.05) is 65.8 Å². The molecular weight excluding hydrogens is 579 g/mol. The Bertz CT molecular complexity index is 1610. The van der Waals surface area contributed by atoms with Crippen molar-refractivity contribution in [3.05, 3.63) is 72.2 Å². The van der Waals surface area contributed by atoms with Crippen LogP contribution in [0.3, 0.4) is 0 Å². The highest BCUT2D eigenvalue weighted by Crippen LogP contribution is 2.44. The van der Waals surface area contributed by atoms with Gasteiger partial charge in [-0.15, -0.1) is 0 Å². The molecule has 3 aromatic heterocycles. The molecule has 44 heavy (non-hydrogen) atoms. The Hall–Kier alpha value is -2.70. The summed E-state index contributed by atoms with van der Waals surface area (Å²) >= 11 is 0. The summed E-state index contributed by atoms with van der Waals surface area (Å²) in [5, 5.41) is 6.11. The van der Waals surface area contributed by atoms with Gasteiger partial charge in [-0.05, 0) is 85.4 Å². The monoisotopic (exact) mass is 629 g/mol. The molecule has 4 aromatic rings. The second-order valence-electron chi connectivity index (χ2n) is 15.6. The van der Waals surface area contributed by atoms with Crippen molar-refractivity contribution in [1.29, 1.82) is 0 Å². The molecule has 1 fully saturated rings. The van der Waals surface area contributed by atoms with E-state index in [9.17, 15) is 0 Å². The van der Waals surface area contributed by atoms with Crippen LogP contribution >= 0.6 is 0 Å². The van der Waals surface area contributed by atoms with Crippen molar-refractivity contribution in [3.63, 3.8) is 0 Å². The standard InChI is InChI=1S/C35H51N5O2Si2/c1-34(2,3)43(7,8)41-23-27-13-11-16-32(38-27)40-31-21-24(17-18-25(31)22-37-40)29-14-12-15-30(39-29)33(36)26-19-28(20-26)42-44(9,10)35(4,5)6/h11-18,21-22,26,28,33H,19-20,23,36H2,1-10H3/t26?,28?,33-/m1/s1. The molecule has 1 aromatic carbocycles. The van der Waals surface area contributed by atoms with Crippen molar-refractivity contribution < 1.29 is 8.85 Å². The van der Waals surface area contributed by atoms with Gasteiger partial charge in [0.25, 0.3) is 0 Å². The molecule has 5 rings (SSSR count). The molecule has 1 aliphatic rings. The van der Waals surface area contributed by atoms with Gasteiger partial charge in [-0.2, -0.15) is 5.10 Å². The fraction of sp³-hybridized carbons (Fsp3) is 0.514. The third-order valence-corrected chi connectivity index (χ3v) is 19.3. The summed E-state index contributed by atoms with van der Waals surface area (Å²) in [6.45, 7) is 23.3. The number of nitrogens with zero attached hydrogens (tertiary/aromatic N) is 4. The average Bonchev–Trinajstić information content (AvgIpc) is 3.36. The van der Waals surface area contributed by atoms with Crippen LogP contribution in [0.1, 0.15) is 71.8 Å². The van der Waals surface area contributed by atoms with Crippen molar-refractivity contribution in [2.24, 2.45) is 11.7 Å². The molecule has 3 heterocycles. The highest BCUT2D eigenvalue weighted by molar-refractivity contribution is 6.74. The van der Waals surface area contributed by atoms with Gasteiger partial charge in [0.05, 0.1) is 41.4 Å². The first kappa shape index (κ1) is 32.7. The highest BCUT2D eigenvalue weighted by Gasteiger charge is 2.44. The van der Waals surface area contributed by atoms with Crippen molar-refractivity contribution >= 4 is 27.5 Å². The van der Waals surface area contributed by atoms with Crippen molar-refractivity contribution in [3.8, 4) is 17.1 Å². The number of fused-ring (bicyclic) bond motifs is 1. The van der Waals surface area contributed by atoms with E-state index in [0.29, 0.717) is 18.6 Å². The third-order valence-electron chi connectivity index (χ3n) is 10.3. The lowest BCUT2D eigenvalue weighted by atomic mass is 9.76. The number of benzene rings is 1. The van der Waals surface area contributed by atoms with Gasteiger partial charge in [-0.3, -0.25) is 4.98 Å². The van der Waals surface area contributed by atoms with E-state index in [1.54, 1.807) is 0 Å². The van der Waals surface area contributed by atoms with Crippen molar-refractivity contribution in [1.82, 2.24) is 19.7 Å². The zero-order chi connectivity index (χ0) is 32.1. The van der Waals surface area contributed by atoms with Crippen LogP contribution in [0.5, 0.6) is 0 Å². The maximum atomic E-state index is 6.79. The van der Waals surface area contributed by atoms with Crippen LogP contribution < -0.4 is 5.73 Å². The molecule has 0 saturated heterocycles. The quantitative estimate of drug-likeness (QED) is 0.186. The molecule has 1 saturated carbocycles. The second kappa shape index (κ2) is 11.9. The SMILES string of the molecule is CC(C)(C)[Si](C)(C)OCc1cccc(-n2ncc3ccc(-c4cccc([C@H](N)C5CC(O[Si](C)(C)C(C)(C)C)C5)n4)cc32)n1. The molecule has 0 bridgehead atoms. The Morgan fingerprint density at radius 2 is 1.57 bits per heavy atom. The van der Waals surface area contributed by atoms with Crippen molar-refractivity contribution in [2.75, 3.05) is 0 Å². The van der Waals surface area contributed by atoms with Gasteiger partial charge in [0.2, 0.25) is 0 Å². The number of hydrogen-bond donors (Lipinski definition) is 1. The van der Waals surface area contributed by atoms with Gasteiger partial charge in [-0.25, -0.2) is 9.67 Å². The van der Waals surface area contributed by atoms with E-state index in [1.165, 1.54) is 0 Å².